The van der Waals surface area contributed by atoms with Crippen LogP contribution in [0.3, 0.4) is 0 Å². The monoisotopic (exact) mass is 454 g/mol. The molecule has 0 radical (unpaired) electrons. The highest BCUT2D eigenvalue weighted by atomic mass is 32.2. The highest BCUT2D eigenvalue weighted by Crippen LogP contribution is 2.32. The highest BCUT2D eigenvalue weighted by molar-refractivity contribution is 7.92. The van der Waals surface area contributed by atoms with Crippen LogP contribution in [0.2, 0.25) is 0 Å². The summed E-state index contributed by atoms with van der Waals surface area (Å²) in [6.07, 6.45) is 4.29. The molecule has 1 unspecified atom stereocenters. The van der Waals surface area contributed by atoms with Crippen molar-refractivity contribution in [1.82, 2.24) is 4.90 Å². The molecule has 0 aliphatic carbocycles. The van der Waals surface area contributed by atoms with Gasteiger partial charge in [0.2, 0.25) is 15.9 Å². The fraction of sp³-hybridized carbons (Fsp3) is 0.389. The summed E-state index contributed by atoms with van der Waals surface area (Å²) in [7, 11) is -7.87. The molecule has 3 rings (SSSR count). The van der Waals surface area contributed by atoms with Gasteiger partial charge in [-0.25, -0.2) is 8.42 Å². The second kappa shape index (κ2) is 7.84. The summed E-state index contributed by atoms with van der Waals surface area (Å²) in [6.45, 7) is 4.40. The van der Waals surface area contributed by atoms with E-state index in [1.807, 2.05) is 13.8 Å². The summed E-state index contributed by atoms with van der Waals surface area (Å²) in [5.41, 5.74) is 0.149. The van der Waals surface area contributed by atoms with Gasteiger partial charge >= 0.3 is 0 Å². The van der Waals surface area contributed by atoms with E-state index in [-0.39, 0.29) is 22.1 Å². The van der Waals surface area contributed by atoms with Gasteiger partial charge in [-0.15, -0.1) is 4.40 Å². The molecule has 0 bridgehead atoms. The fourth-order valence-corrected chi connectivity index (χ4v) is 4.77. The molecule has 30 heavy (non-hydrogen) atoms. The number of rotatable bonds is 6. The Bertz CT molecular complexity index is 1170. The van der Waals surface area contributed by atoms with Gasteiger partial charge in [-0.2, -0.15) is 8.42 Å². The number of amides is 1. The van der Waals surface area contributed by atoms with E-state index >= 15 is 0 Å². The second-order valence-corrected chi connectivity index (χ2v) is 10.8. The topological polar surface area (TPSA) is 142 Å². The summed E-state index contributed by atoms with van der Waals surface area (Å²) >= 11 is 0. The van der Waals surface area contributed by atoms with Crippen LogP contribution in [-0.4, -0.2) is 52.1 Å². The molecular formula is C18H22N4O6S2. The van der Waals surface area contributed by atoms with Crippen LogP contribution in [-0.2, 0) is 29.6 Å². The molecule has 0 saturated carbocycles. The molecule has 162 valence electrons. The molecule has 0 spiro atoms. The first-order chi connectivity index (χ1) is 13.9. The van der Waals surface area contributed by atoms with E-state index in [0.717, 1.165) is 12.3 Å². The van der Waals surface area contributed by atoms with Gasteiger partial charge in [0.25, 0.3) is 10.0 Å². The largest absolute Gasteiger partial charge is 0.341 e. The van der Waals surface area contributed by atoms with Gasteiger partial charge in [-0.3, -0.25) is 14.3 Å². The minimum Gasteiger partial charge on any atom is -0.341 e. The number of ketones is 1. The number of carbonyl (C=O) groups excluding carboxylic acids is 2. The van der Waals surface area contributed by atoms with Crippen LogP contribution in [0.5, 0.6) is 0 Å². The van der Waals surface area contributed by atoms with E-state index in [9.17, 15) is 26.4 Å². The lowest BCUT2D eigenvalue weighted by Crippen LogP contribution is -2.47. The van der Waals surface area contributed by atoms with Crippen molar-refractivity contribution in [2.75, 3.05) is 22.8 Å². The number of hydrogen-bond acceptors (Lipinski definition) is 7. The van der Waals surface area contributed by atoms with E-state index in [1.165, 1.54) is 29.3 Å². The van der Waals surface area contributed by atoms with Gasteiger partial charge in [0.1, 0.15) is 10.7 Å². The van der Waals surface area contributed by atoms with Gasteiger partial charge in [0, 0.05) is 18.4 Å². The number of carbonyl (C=O) groups is 2. The van der Waals surface area contributed by atoms with Crippen LogP contribution in [0.15, 0.2) is 39.8 Å². The van der Waals surface area contributed by atoms with Gasteiger partial charge in [-0.05, 0) is 36.6 Å². The minimum atomic E-state index is -4.27. The molecule has 0 saturated heterocycles. The number of hydrogen-bond donors (Lipinski definition) is 2. The number of anilines is 2. The third kappa shape index (κ3) is 4.70. The van der Waals surface area contributed by atoms with E-state index in [2.05, 4.69) is 14.4 Å². The Hall–Kier alpha value is -2.73. The molecule has 0 fully saturated rings. The van der Waals surface area contributed by atoms with Gasteiger partial charge in [-0.1, -0.05) is 13.8 Å². The Kier molecular flexibility index (Phi) is 5.74. The van der Waals surface area contributed by atoms with Crippen LogP contribution in [0.1, 0.15) is 20.3 Å². The quantitative estimate of drug-likeness (QED) is 0.614. The van der Waals surface area contributed by atoms with E-state index in [4.69, 9.17) is 0 Å². The number of fused-ring (bicyclic) bond motifs is 1. The molecule has 1 aromatic carbocycles. The zero-order valence-electron chi connectivity index (χ0n) is 16.6. The van der Waals surface area contributed by atoms with Crippen molar-refractivity contribution in [3.8, 4) is 0 Å². The van der Waals surface area contributed by atoms with Crippen LogP contribution in [0.4, 0.5) is 11.4 Å². The average molecular weight is 455 g/mol. The number of sulfonamides is 2. The first-order valence-corrected chi connectivity index (χ1v) is 12.5. The molecule has 2 aliphatic rings. The number of nitrogens with zero attached hydrogens (tertiary/aromatic N) is 2. The van der Waals surface area contributed by atoms with Crippen molar-refractivity contribution >= 4 is 48.9 Å². The third-order valence-corrected chi connectivity index (χ3v) is 6.44. The normalized spacial score (nSPS) is 20.6. The van der Waals surface area contributed by atoms with Crippen molar-refractivity contribution in [1.29, 1.82) is 0 Å². The van der Waals surface area contributed by atoms with Crippen LogP contribution in [0, 0.1) is 11.8 Å². The van der Waals surface area contributed by atoms with Crippen molar-refractivity contribution in [3.63, 3.8) is 0 Å². The molecule has 10 nitrogen and oxygen atoms in total. The molecule has 2 heterocycles. The Morgan fingerprint density at radius 1 is 1.27 bits per heavy atom. The van der Waals surface area contributed by atoms with Gasteiger partial charge in [0.05, 0.1) is 11.9 Å². The fourth-order valence-electron chi connectivity index (χ4n) is 3.04. The summed E-state index contributed by atoms with van der Waals surface area (Å²) < 4.78 is 54.0. The summed E-state index contributed by atoms with van der Waals surface area (Å²) in [5, 5.41) is 2.75. The molecule has 0 aromatic heterocycles. The Morgan fingerprint density at radius 3 is 2.60 bits per heavy atom. The maximum Gasteiger partial charge on any atom is 0.286 e. The van der Waals surface area contributed by atoms with E-state index < -0.39 is 37.7 Å². The van der Waals surface area contributed by atoms with Crippen LogP contribution < -0.4 is 10.0 Å². The average Bonchev–Trinajstić information content (AvgIpc) is 2.60. The third-order valence-electron chi connectivity index (χ3n) is 4.50. The van der Waals surface area contributed by atoms with E-state index in [1.54, 1.807) is 0 Å². The Balaban J connectivity index is 1.93. The highest BCUT2D eigenvalue weighted by Gasteiger charge is 2.40. The molecule has 12 heteroatoms. The number of allylic oxidation sites excluding steroid dienone is 1. The summed E-state index contributed by atoms with van der Waals surface area (Å²) in [4.78, 5) is 26.4. The predicted molar refractivity (Wildman–Crippen MR) is 112 cm³/mol. The lowest BCUT2D eigenvalue weighted by molar-refractivity contribution is -0.136. The van der Waals surface area contributed by atoms with Crippen molar-refractivity contribution in [2.45, 2.75) is 25.2 Å². The Labute approximate surface area is 175 Å². The van der Waals surface area contributed by atoms with Crippen molar-refractivity contribution in [2.24, 2.45) is 16.2 Å². The first kappa shape index (κ1) is 22.0. The van der Waals surface area contributed by atoms with Gasteiger partial charge < -0.3 is 10.2 Å². The van der Waals surface area contributed by atoms with Crippen molar-refractivity contribution in [3.05, 3.63) is 30.5 Å². The summed E-state index contributed by atoms with van der Waals surface area (Å²) in [5.74, 6) is -2.45. The molecule has 1 atom stereocenters. The number of nitrogens with one attached hydrogen (secondary N) is 2. The number of benzene rings is 1. The second-order valence-electron chi connectivity index (χ2n) is 7.53. The Morgan fingerprint density at radius 2 is 1.97 bits per heavy atom. The van der Waals surface area contributed by atoms with Gasteiger partial charge in [0.15, 0.2) is 11.7 Å². The SMILES string of the molecule is CC(C)CCN1C=CC(=O)C(C2=NS(=O)(=O)c3cc(NS(C)(=O)=O)ccc3N2)C1=O. The minimum absolute atomic E-state index is 0.0490. The van der Waals surface area contributed by atoms with Crippen LogP contribution in [0.25, 0.3) is 0 Å². The molecule has 1 aromatic rings. The zero-order chi connectivity index (χ0) is 22.3. The predicted octanol–water partition coefficient (Wildman–Crippen LogP) is 1.16. The maximum absolute atomic E-state index is 12.8. The standard InChI is InChI=1S/C18H22N4O6S2/c1-11(2)6-8-22-9-7-14(23)16(18(22)24)17-19-13-5-4-12(20-29(3,25)26)10-15(13)30(27,28)21-17/h4-5,7,9-11,16,20H,6,8H2,1-3H3,(H,19,21). The number of amidine groups is 1. The smallest absolute Gasteiger partial charge is 0.286 e. The lowest BCUT2D eigenvalue weighted by Gasteiger charge is -2.29. The molecule has 2 N–H and O–H groups in total. The van der Waals surface area contributed by atoms with Crippen molar-refractivity contribution < 1.29 is 26.4 Å². The lowest BCUT2D eigenvalue weighted by atomic mass is 9.97. The van der Waals surface area contributed by atoms with Crippen LogP contribution >= 0.6 is 0 Å². The molecule has 2 aliphatic heterocycles. The zero-order valence-corrected chi connectivity index (χ0v) is 18.2. The maximum atomic E-state index is 12.8. The first-order valence-electron chi connectivity index (χ1n) is 9.13. The molecular weight excluding hydrogens is 432 g/mol. The summed E-state index contributed by atoms with van der Waals surface area (Å²) in [6, 6.07) is 3.84. The molecule has 1 amide bonds. The van der Waals surface area contributed by atoms with E-state index in [0.29, 0.717) is 18.9 Å².